The summed E-state index contributed by atoms with van der Waals surface area (Å²) in [6.45, 7) is 7.29. The fraction of sp³-hybridized carbons (Fsp3) is 0.440. The molecule has 8 heteroatoms. The number of rotatable bonds is 3. The molecule has 1 aromatic heterocycles. The molecular weight excluding hydrogens is 436 g/mol. The van der Waals surface area contributed by atoms with Gasteiger partial charge in [0.1, 0.15) is 0 Å². The Labute approximate surface area is 194 Å². The van der Waals surface area contributed by atoms with Crippen LogP contribution >= 0.6 is 0 Å². The van der Waals surface area contributed by atoms with Gasteiger partial charge in [-0.05, 0) is 59.7 Å². The van der Waals surface area contributed by atoms with Gasteiger partial charge in [0.15, 0.2) is 0 Å². The van der Waals surface area contributed by atoms with Gasteiger partial charge in [-0.25, -0.2) is 17.7 Å². The zero-order valence-corrected chi connectivity index (χ0v) is 20.5. The molecule has 174 valence electrons. The lowest BCUT2D eigenvalue weighted by molar-refractivity contribution is -0.0263. The van der Waals surface area contributed by atoms with E-state index in [0.717, 1.165) is 28.6 Å². The first kappa shape index (κ1) is 22.1. The number of hydrogen-bond acceptors (Lipinski definition) is 4. The van der Waals surface area contributed by atoms with Crippen molar-refractivity contribution in [1.29, 1.82) is 0 Å². The van der Waals surface area contributed by atoms with E-state index in [1.165, 1.54) is 4.31 Å². The zero-order chi connectivity index (χ0) is 23.8. The lowest BCUT2D eigenvalue weighted by Gasteiger charge is -2.60. The number of nitrogens with one attached hydrogen (secondary N) is 1. The maximum Gasteiger partial charge on any atom is 0.254 e. The molecule has 7 nitrogen and oxygen atoms in total. The van der Waals surface area contributed by atoms with Crippen LogP contribution in [0.2, 0.25) is 0 Å². The molecule has 2 atom stereocenters. The molecule has 3 aromatic rings. The number of nitrogens with zero attached hydrogens (tertiary/aromatic N) is 3. The quantitative estimate of drug-likeness (QED) is 0.639. The van der Waals surface area contributed by atoms with Crippen molar-refractivity contribution in [3.63, 3.8) is 0 Å². The fourth-order valence-electron chi connectivity index (χ4n) is 5.73. The summed E-state index contributed by atoms with van der Waals surface area (Å²) in [5, 5.41) is 0. The minimum Gasteiger partial charge on any atom is -0.345 e. The van der Waals surface area contributed by atoms with Gasteiger partial charge in [-0.1, -0.05) is 26.8 Å². The van der Waals surface area contributed by atoms with Crippen LogP contribution in [0.25, 0.3) is 11.0 Å². The predicted molar refractivity (Wildman–Crippen MR) is 128 cm³/mol. The molecule has 0 saturated carbocycles. The van der Waals surface area contributed by atoms with Crippen molar-refractivity contribution in [2.24, 2.45) is 5.41 Å². The Bertz CT molecular complexity index is 1380. The minimum atomic E-state index is -3.51. The van der Waals surface area contributed by atoms with Crippen LogP contribution in [0.15, 0.2) is 47.6 Å². The molecule has 1 fully saturated rings. The third-order valence-electron chi connectivity index (χ3n) is 8.28. The summed E-state index contributed by atoms with van der Waals surface area (Å²) in [7, 11) is -0.401. The van der Waals surface area contributed by atoms with Crippen LogP contribution in [-0.2, 0) is 21.9 Å². The van der Waals surface area contributed by atoms with Gasteiger partial charge in [0.05, 0.1) is 22.3 Å². The first-order valence-corrected chi connectivity index (χ1v) is 12.7. The normalized spacial score (nSPS) is 24.2. The zero-order valence-electron chi connectivity index (χ0n) is 19.7. The van der Waals surface area contributed by atoms with Gasteiger partial charge in [-0.3, -0.25) is 4.79 Å². The lowest BCUT2D eigenvalue weighted by atomic mass is 9.51. The Morgan fingerprint density at radius 3 is 2.64 bits per heavy atom. The number of carbonyl (C=O) groups is 1. The van der Waals surface area contributed by atoms with E-state index in [2.05, 4.69) is 30.7 Å². The molecule has 1 N–H and O–H groups in total. The highest BCUT2D eigenvalue weighted by atomic mass is 32.2. The summed E-state index contributed by atoms with van der Waals surface area (Å²) < 4.78 is 26.8. The van der Waals surface area contributed by atoms with Gasteiger partial charge in [0.25, 0.3) is 5.91 Å². The number of aromatic nitrogens is 2. The van der Waals surface area contributed by atoms with Crippen LogP contribution in [-0.4, -0.2) is 60.2 Å². The number of fused-ring (bicyclic) bond motifs is 5. The van der Waals surface area contributed by atoms with Crippen LogP contribution in [0, 0.1) is 5.41 Å². The van der Waals surface area contributed by atoms with E-state index in [1.807, 2.05) is 35.2 Å². The van der Waals surface area contributed by atoms with Crippen LogP contribution in [0.1, 0.15) is 48.7 Å². The molecule has 0 spiro atoms. The largest absolute Gasteiger partial charge is 0.345 e. The third kappa shape index (κ3) is 3.07. The number of benzene rings is 2. The highest BCUT2D eigenvalue weighted by Gasteiger charge is 2.57. The molecule has 2 aliphatic rings. The van der Waals surface area contributed by atoms with Crippen LogP contribution in [0.5, 0.6) is 0 Å². The molecule has 33 heavy (non-hydrogen) atoms. The number of sulfonamides is 1. The second kappa shape index (κ2) is 7.14. The molecule has 1 amide bonds. The number of amides is 1. The van der Waals surface area contributed by atoms with Crippen molar-refractivity contribution in [2.75, 3.05) is 20.6 Å². The van der Waals surface area contributed by atoms with E-state index in [0.29, 0.717) is 23.4 Å². The average Bonchev–Trinajstić information content (AvgIpc) is 3.23. The van der Waals surface area contributed by atoms with Gasteiger partial charge in [-0.15, -0.1) is 0 Å². The minimum absolute atomic E-state index is 0.0185. The standard InChI is InChI=1S/C25H30N4O3S/c1-24(2)22-13-16-6-8-18(33(31,32)28(4)5)14-19(16)25(24,3)10-11-29(22)23(30)17-7-9-20-21(12-17)27-15-26-20/h6-9,12,14-15,22H,10-11,13H2,1-5H3,(H,26,27). The summed E-state index contributed by atoms with van der Waals surface area (Å²) in [4.78, 5) is 23.3. The monoisotopic (exact) mass is 466 g/mol. The van der Waals surface area contributed by atoms with Crippen molar-refractivity contribution in [3.05, 3.63) is 59.4 Å². The Morgan fingerprint density at radius 1 is 1.15 bits per heavy atom. The molecule has 1 aliphatic heterocycles. The van der Waals surface area contributed by atoms with Crippen molar-refractivity contribution in [2.45, 2.75) is 50.0 Å². The third-order valence-corrected chi connectivity index (χ3v) is 10.1. The highest BCUT2D eigenvalue weighted by molar-refractivity contribution is 7.89. The second-order valence-corrected chi connectivity index (χ2v) is 12.4. The second-order valence-electron chi connectivity index (χ2n) is 10.3. The Hall–Kier alpha value is -2.71. The van der Waals surface area contributed by atoms with E-state index >= 15 is 0 Å². The first-order chi connectivity index (χ1) is 15.5. The van der Waals surface area contributed by atoms with Crippen molar-refractivity contribution < 1.29 is 13.2 Å². The van der Waals surface area contributed by atoms with Crippen molar-refractivity contribution >= 4 is 27.0 Å². The highest BCUT2D eigenvalue weighted by Crippen LogP contribution is 2.56. The summed E-state index contributed by atoms with van der Waals surface area (Å²) in [5.41, 5.74) is 4.10. The van der Waals surface area contributed by atoms with Crippen LogP contribution in [0.4, 0.5) is 0 Å². The number of imidazole rings is 1. The summed E-state index contributed by atoms with van der Waals surface area (Å²) in [6.07, 6.45) is 3.11. The van der Waals surface area contributed by atoms with Gasteiger partial charge < -0.3 is 9.88 Å². The molecule has 5 rings (SSSR count). The van der Waals surface area contributed by atoms with Gasteiger partial charge in [0, 0.05) is 37.7 Å². The van der Waals surface area contributed by atoms with E-state index in [4.69, 9.17) is 0 Å². The summed E-state index contributed by atoms with van der Waals surface area (Å²) >= 11 is 0. The molecular formula is C25H30N4O3S. The maximum absolute atomic E-state index is 13.6. The number of carbonyl (C=O) groups excluding carboxylic acids is 1. The number of piperidine rings is 1. The Morgan fingerprint density at radius 2 is 1.91 bits per heavy atom. The maximum atomic E-state index is 13.6. The topological polar surface area (TPSA) is 86.4 Å². The average molecular weight is 467 g/mol. The Balaban J connectivity index is 1.56. The van der Waals surface area contributed by atoms with Gasteiger partial charge in [-0.2, -0.15) is 0 Å². The van der Waals surface area contributed by atoms with E-state index in [9.17, 15) is 13.2 Å². The summed E-state index contributed by atoms with van der Waals surface area (Å²) in [5.74, 6) is 0.0295. The van der Waals surface area contributed by atoms with Gasteiger partial charge >= 0.3 is 0 Å². The molecule has 2 bridgehead atoms. The van der Waals surface area contributed by atoms with E-state index in [-0.39, 0.29) is 22.8 Å². The first-order valence-electron chi connectivity index (χ1n) is 11.3. The van der Waals surface area contributed by atoms with Crippen molar-refractivity contribution in [1.82, 2.24) is 19.2 Å². The van der Waals surface area contributed by atoms with Crippen LogP contribution < -0.4 is 0 Å². The van der Waals surface area contributed by atoms with E-state index < -0.39 is 10.0 Å². The Kier molecular flexibility index (Phi) is 4.78. The van der Waals surface area contributed by atoms with Crippen molar-refractivity contribution in [3.8, 4) is 0 Å². The molecule has 1 saturated heterocycles. The van der Waals surface area contributed by atoms with Crippen LogP contribution in [0.3, 0.4) is 0 Å². The van der Waals surface area contributed by atoms with E-state index in [1.54, 1.807) is 26.5 Å². The number of H-pyrrole nitrogens is 1. The number of likely N-dealkylation sites (tertiary alicyclic amines) is 1. The predicted octanol–water partition coefficient (Wildman–Crippen LogP) is 3.57. The molecule has 2 aromatic carbocycles. The smallest absolute Gasteiger partial charge is 0.254 e. The SMILES string of the molecule is CN(C)S(=O)(=O)c1ccc2c(c1)C1(C)CCN(C(=O)c3ccc4nc[nH]c4c3)C(C2)C1(C)C. The lowest BCUT2D eigenvalue weighted by Crippen LogP contribution is -2.64. The van der Waals surface area contributed by atoms with Gasteiger partial charge in [0.2, 0.25) is 10.0 Å². The fourth-order valence-corrected chi connectivity index (χ4v) is 6.66. The molecule has 0 radical (unpaired) electrons. The number of aromatic amines is 1. The molecule has 1 aliphatic carbocycles. The molecule has 2 unspecified atom stereocenters. The molecule has 2 heterocycles. The summed E-state index contributed by atoms with van der Waals surface area (Å²) in [6, 6.07) is 11.1. The number of hydrogen-bond donors (Lipinski definition) is 1.